The van der Waals surface area contributed by atoms with E-state index in [1.54, 1.807) is 51.5 Å². The Morgan fingerprint density at radius 3 is 2.29 bits per heavy atom. The highest BCUT2D eigenvalue weighted by molar-refractivity contribution is 7.89. The minimum Gasteiger partial charge on any atom is -0.393 e. The Bertz CT molecular complexity index is 504. The molecule has 0 aromatic heterocycles. The maximum absolute atomic E-state index is 12.2. The SMILES string of the molecule is CN/C=C(\C)N(C)S(=O)(=O)c1ccc(C)cc1. The Morgan fingerprint density at radius 2 is 1.82 bits per heavy atom. The molecule has 0 amide bonds. The van der Waals surface area contributed by atoms with Crippen LogP contribution in [-0.4, -0.2) is 26.8 Å². The second kappa shape index (κ2) is 5.23. The minimum atomic E-state index is -3.45. The number of hydrogen-bond acceptors (Lipinski definition) is 3. The predicted molar refractivity (Wildman–Crippen MR) is 68.9 cm³/mol. The molecule has 4 nitrogen and oxygen atoms in total. The van der Waals surface area contributed by atoms with Crippen molar-refractivity contribution in [1.29, 1.82) is 0 Å². The van der Waals surface area contributed by atoms with E-state index in [0.717, 1.165) is 5.56 Å². The first-order valence-corrected chi connectivity index (χ1v) is 6.73. The molecule has 0 aliphatic carbocycles. The van der Waals surface area contributed by atoms with Crippen molar-refractivity contribution in [1.82, 2.24) is 9.62 Å². The van der Waals surface area contributed by atoms with Gasteiger partial charge in [-0.15, -0.1) is 0 Å². The monoisotopic (exact) mass is 254 g/mol. The Kier molecular flexibility index (Phi) is 4.17. The summed E-state index contributed by atoms with van der Waals surface area (Å²) in [5.74, 6) is 0. The van der Waals surface area contributed by atoms with E-state index in [1.807, 2.05) is 6.92 Å². The number of aryl methyl sites for hydroxylation is 1. The lowest BCUT2D eigenvalue weighted by atomic mass is 10.2. The van der Waals surface area contributed by atoms with Crippen molar-refractivity contribution >= 4 is 10.0 Å². The summed E-state index contributed by atoms with van der Waals surface area (Å²) >= 11 is 0. The van der Waals surface area contributed by atoms with Crippen molar-refractivity contribution in [2.24, 2.45) is 0 Å². The molecular weight excluding hydrogens is 236 g/mol. The lowest BCUT2D eigenvalue weighted by Gasteiger charge is -2.20. The second-order valence-corrected chi connectivity index (χ2v) is 5.83. The number of sulfonamides is 1. The highest BCUT2D eigenvalue weighted by Crippen LogP contribution is 2.18. The molecule has 0 spiro atoms. The van der Waals surface area contributed by atoms with Crippen LogP contribution in [0, 0.1) is 6.92 Å². The van der Waals surface area contributed by atoms with Gasteiger partial charge < -0.3 is 5.32 Å². The molecular formula is C12H18N2O2S. The Labute approximate surface area is 103 Å². The molecule has 1 N–H and O–H groups in total. The summed E-state index contributed by atoms with van der Waals surface area (Å²) in [5.41, 5.74) is 1.67. The lowest BCUT2D eigenvalue weighted by molar-refractivity contribution is 0.522. The zero-order chi connectivity index (χ0) is 13.1. The quantitative estimate of drug-likeness (QED) is 0.889. The van der Waals surface area contributed by atoms with Gasteiger partial charge in [-0.3, -0.25) is 4.31 Å². The molecule has 0 fully saturated rings. The standard InChI is InChI=1S/C12H18N2O2S/c1-10-5-7-12(8-6-10)17(15,16)14(4)11(2)9-13-3/h5-9,13H,1-4H3/b11-9+. The van der Waals surface area contributed by atoms with Crippen LogP contribution in [0.3, 0.4) is 0 Å². The zero-order valence-corrected chi connectivity index (χ0v) is 11.4. The molecule has 0 saturated heterocycles. The molecule has 0 atom stereocenters. The molecule has 0 heterocycles. The van der Waals surface area contributed by atoms with Gasteiger partial charge in [0.25, 0.3) is 10.0 Å². The molecule has 17 heavy (non-hydrogen) atoms. The maximum atomic E-state index is 12.2. The van der Waals surface area contributed by atoms with Crippen LogP contribution in [0.1, 0.15) is 12.5 Å². The molecule has 0 aliphatic rings. The number of nitrogens with one attached hydrogen (secondary N) is 1. The first-order valence-electron chi connectivity index (χ1n) is 5.29. The number of hydrogen-bond donors (Lipinski definition) is 1. The summed E-state index contributed by atoms with van der Waals surface area (Å²) in [5, 5.41) is 2.81. The van der Waals surface area contributed by atoms with Gasteiger partial charge in [-0.1, -0.05) is 17.7 Å². The van der Waals surface area contributed by atoms with Gasteiger partial charge in [-0.2, -0.15) is 0 Å². The van der Waals surface area contributed by atoms with Crippen molar-refractivity contribution in [2.75, 3.05) is 14.1 Å². The van der Waals surface area contributed by atoms with Crippen LogP contribution in [0.15, 0.2) is 41.1 Å². The van der Waals surface area contributed by atoms with Crippen LogP contribution in [0.25, 0.3) is 0 Å². The second-order valence-electron chi connectivity index (χ2n) is 3.86. The molecule has 1 aromatic rings. The molecule has 0 aliphatic heterocycles. The molecule has 0 radical (unpaired) electrons. The Hall–Kier alpha value is -1.49. The van der Waals surface area contributed by atoms with Gasteiger partial charge in [-0.05, 0) is 26.0 Å². The van der Waals surface area contributed by atoms with Gasteiger partial charge in [-0.25, -0.2) is 8.42 Å². The third-order valence-corrected chi connectivity index (χ3v) is 4.41. The average molecular weight is 254 g/mol. The van der Waals surface area contributed by atoms with Crippen LogP contribution >= 0.6 is 0 Å². The average Bonchev–Trinajstić information content (AvgIpc) is 2.29. The normalized spacial score (nSPS) is 12.4. The fourth-order valence-electron chi connectivity index (χ4n) is 1.36. The van der Waals surface area contributed by atoms with Crippen LogP contribution in [-0.2, 0) is 10.0 Å². The van der Waals surface area contributed by atoms with Gasteiger partial charge in [0, 0.05) is 26.0 Å². The fourth-order valence-corrected chi connectivity index (χ4v) is 2.59. The number of benzene rings is 1. The first-order chi connectivity index (χ1) is 7.89. The van der Waals surface area contributed by atoms with Crippen LogP contribution < -0.4 is 5.32 Å². The van der Waals surface area contributed by atoms with Crippen LogP contribution in [0.5, 0.6) is 0 Å². The van der Waals surface area contributed by atoms with Gasteiger partial charge in [0.2, 0.25) is 0 Å². The maximum Gasteiger partial charge on any atom is 0.263 e. The Balaban J connectivity index is 3.11. The summed E-state index contributed by atoms with van der Waals surface area (Å²) in [7, 11) is -0.180. The van der Waals surface area contributed by atoms with E-state index >= 15 is 0 Å². The van der Waals surface area contributed by atoms with Gasteiger partial charge in [0.05, 0.1) is 4.90 Å². The summed E-state index contributed by atoms with van der Waals surface area (Å²) in [4.78, 5) is 0.300. The van der Waals surface area contributed by atoms with Crippen LogP contribution in [0.4, 0.5) is 0 Å². The predicted octanol–water partition coefficient (Wildman–Crippen LogP) is 1.70. The van der Waals surface area contributed by atoms with Gasteiger partial charge >= 0.3 is 0 Å². The topological polar surface area (TPSA) is 49.4 Å². The van der Waals surface area contributed by atoms with Crippen molar-refractivity contribution < 1.29 is 8.42 Å². The summed E-state index contributed by atoms with van der Waals surface area (Å²) in [6.45, 7) is 3.66. The molecule has 1 aromatic carbocycles. The summed E-state index contributed by atoms with van der Waals surface area (Å²) < 4.78 is 25.7. The van der Waals surface area contributed by atoms with Gasteiger partial charge in [0.1, 0.15) is 0 Å². The van der Waals surface area contributed by atoms with Gasteiger partial charge in [0.15, 0.2) is 0 Å². The zero-order valence-electron chi connectivity index (χ0n) is 10.6. The van der Waals surface area contributed by atoms with E-state index < -0.39 is 10.0 Å². The van der Waals surface area contributed by atoms with Crippen molar-refractivity contribution in [3.05, 3.63) is 41.7 Å². The third kappa shape index (κ3) is 3.00. The summed E-state index contributed by atoms with van der Waals surface area (Å²) in [6, 6.07) is 6.82. The first kappa shape index (κ1) is 13.6. The Morgan fingerprint density at radius 1 is 1.29 bits per heavy atom. The highest BCUT2D eigenvalue weighted by atomic mass is 32.2. The largest absolute Gasteiger partial charge is 0.393 e. The molecule has 1 rings (SSSR count). The van der Waals surface area contributed by atoms with Crippen molar-refractivity contribution in [3.63, 3.8) is 0 Å². The smallest absolute Gasteiger partial charge is 0.263 e. The van der Waals surface area contributed by atoms with E-state index in [1.165, 1.54) is 4.31 Å². The highest BCUT2D eigenvalue weighted by Gasteiger charge is 2.20. The third-order valence-electron chi connectivity index (χ3n) is 2.53. The summed E-state index contributed by atoms with van der Waals surface area (Å²) in [6.07, 6.45) is 1.64. The van der Waals surface area contributed by atoms with E-state index in [0.29, 0.717) is 10.6 Å². The molecule has 5 heteroatoms. The van der Waals surface area contributed by atoms with Crippen LogP contribution in [0.2, 0.25) is 0 Å². The lowest BCUT2D eigenvalue weighted by Crippen LogP contribution is -2.26. The number of allylic oxidation sites excluding steroid dienone is 1. The number of rotatable bonds is 4. The minimum absolute atomic E-state index is 0.300. The fraction of sp³-hybridized carbons (Fsp3) is 0.333. The van der Waals surface area contributed by atoms with E-state index in [2.05, 4.69) is 5.32 Å². The van der Waals surface area contributed by atoms with Crippen molar-refractivity contribution in [3.8, 4) is 0 Å². The number of nitrogens with zero attached hydrogens (tertiary/aromatic N) is 1. The van der Waals surface area contributed by atoms with E-state index in [-0.39, 0.29) is 0 Å². The molecule has 94 valence electrons. The van der Waals surface area contributed by atoms with E-state index in [4.69, 9.17) is 0 Å². The molecule has 0 unspecified atom stereocenters. The van der Waals surface area contributed by atoms with E-state index in [9.17, 15) is 8.42 Å². The molecule has 0 bridgehead atoms. The molecule has 0 saturated carbocycles. The van der Waals surface area contributed by atoms with Crippen molar-refractivity contribution in [2.45, 2.75) is 18.7 Å².